The Kier molecular flexibility index (Phi) is 5.03. The number of aliphatic hydroxyl groups is 1. The van der Waals surface area contributed by atoms with E-state index in [9.17, 15) is 5.11 Å². The van der Waals surface area contributed by atoms with Crippen LogP contribution < -0.4 is 4.74 Å². The predicted molar refractivity (Wildman–Crippen MR) is 87.0 cm³/mol. The molecule has 0 amide bonds. The molecule has 2 aromatic carbocycles. The molecule has 0 aromatic heterocycles. The molecule has 0 saturated heterocycles. The number of hydrogen-bond donors (Lipinski definition) is 1. The maximum Gasteiger partial charge on any atom is 0.130 e. The smallest absolute Gasteiger partial charge is 0.130 e. The van der Waals surface area contributed by atoms with Gasteiger partial charge in [0.1, 0.15) is 11.5 Å². The minimum absolute atomic E-state index is 0.398. The normalized spacial score (nSPS) is 12.5. The first-order chi connectivity index (χ1) is 10.0. The first-order valence-corrected chi connectivity index (χ1v) is 7.57. The summed E-state index contributed by atoms with van der Waals surface area (Å²) in [5.74, 6) is 2.17. The molecule has 2 nitrogen and oxygen atoms in total. The fraction of sp³-hybridized carbons (Fsp3) is 0.368. The Morgan fingerprint density at radius 2 is 1.62 bits per heavy atom. The first kappa shape index (κ1) is 15.6. The van der Waals surface area contributed by atoms with Crippen LogP contribution in [0.3, 0.4) is 0 Å². The molecule has 2 aromatic rings. The zero-order chi connectivity index (χ0) is 15.4. The van der Waals surface area contributed by atoms with Crippen LogP contribution in [-0.4, -0.2) is 5.11 Å². The lowest BCUT2D eigenvalue weighted by atomic mass is 10.0. The van der Waals surface area contributed by atoms with E-state index < -0.39 is 6.10 Å². The molecule has 2 rings (SSSR count). The largest absolute Gasteiger partial charge is 0.457 e. The topological polar surface area (TPSA) is 29.5 Å². The molecule has 0 aliphatic heterocycles. The Hall–Kier alpha value is -1.80. The summed E-state index contributed by atoms with van der Waals surface area (Å²) in [6.45, 7) is 8.37. The molecule has 0 fully saturated rings. The Morgan fingerprint density at radius 1 is 1.00 bits per heavy atom. The van der Waals surface area contributed by atoms with Gasteiger partial charge >= 0.3 is 0 Å². The van der Waals surface area contributed by atoms with Crippen molar-refractivity contribution >= 4 is 0 Å². The second-order valence-corrected chi connectivity index (χ2v) is 5.77. The fourth-order valence-corrected chi connectivity index (χ4v) is 2.21. The maximum absolute atomic E-state index is 9.81. The van der Waals surface area contributed by atoms with Crippen molar-refractivity contribution in [1.82, 2.24) is 0 Å². The molecular weight excluding hydrogens is 260 g/mol. The van der Waals surface area contributed by atoms with E-state index in [4.69, 9.17) is 4.74 Å². The molecule has 0 radical (unpaired) electrons. The third kappa shape index (κ3) is 3.85. The third-order valence-corrected chi connectivity index (χ3v) is 3.76. The summed E-state index contributed by atoms with van der Waals surface area (Å²) in [7, 11) is 0. The van der Waals surface area contributed by atoms with Gasteiger partial charge in [0, 0.05) is 0 Å². The van der Waals surface area contributed by atoms with E-state index in [-0.39, 0.29) is 0 Å². The molecule has 21 heavy (non-hydrogen) atoms. The Morgan fingerprint density at radius 3 is 2.19 bits per heavy atom. The summed E-state index contributed by atoms with van der Waals surface area (Å²) in [5.41, 5.74) is 3.32. The van der Waals surface area contributed by atoms with Gasteiger partial charge in [0.2, 0.25) is 0 Å². The number of ether oxygens (including phenoxy) is 1. The van der Waals surface area contributed by atoms with Crippen molar-refractivity contribution in [2.45, 2.75) is 46.1 Å². The predicted octanol–water partition coefficient (Wildman–Crippen LogP) is 5.35. The van der Waals surface area contributed by atoms with E-state index in [0.717, 1.165) is 29.0 Å². The number of aliphatic hydroxyl groups excluding tert-OH is 1. The van der Waals surface area contributed by atoms with Crippen molar-refractivity contribution in [3.05, 3.63) is 59.2 Å². The van der Waals surface area contributed by atoms with Gasteiger partial charge in [-0.1, -0.05) is 45.0 Å². The molecule has 1 atom stereocenters. The van der Waals surface area contributed by atoms with Gasteiger partial charge < -0.3 is 9.84 Å². The Bertz CT molecular complexity index is 585. The minimum Gasteiger partial charge on any atom is -0.457 e. The minimum atomic E-state index is -0.398. The molecule has 0 aliphatic rings. The lowest BCUT2D eigenvalue weighted by Crippen LogP contribution is -1.95. The third-order valence-electron chi connectivity index (χ3n) is 3.76. The van der Waals surface area contributed by atoms with E-state index in [1.165, 1.54) is 5.56 Å². The second-order valence-electron chi connectivity index (χ2n) is 5.77. The summed E-state index contributed by atoms with van der Waals surface area (Å²) in [6.07, 6.45) is 0.320. The van der Waals surface area contributed by atoms with Gasteiger partial charge in [-0.3, -0.25) is 0 Å². The van der Waals surface area contributed by atoms with E-state index >= 15 is 0 Å². The highest BCUT2D eigenvalue weighted by Crippen LogP contribution is 2.29. The molecule has 1 N–H and O–H groups in total. The van der Waals surface area contributed by atoms with Gasteiger partial charge in [-0.15, -0.1) is 0 Å². The van der Waals surface area contributed by atoms with E-state index in [1.807, 2.05) is 31.2 Å². The van der Waals surface area contributed by atoms with Crippen molar-refractivity contribution in [2.24, 2.45) is 0 Å². The lowest BCUT2D eigenvalue weighted by Gasteiger charge is -2.13. The van der Waals surface area contributed by atoms with Gasteiger partial charge in [-0.2, -0.15) is 0 Å². The first-order valence-electron chi connectivity index (χ1n) is 7.57. The van der Waals surface area contributed by atoms with Crippen LogP contribution in [0.1, 0.15) is 55.9 Å². The molecule has 0 saturated carbocycles. The second kappa shape index (κ2) is 6.77. The zero-order valence-corrected chi connectivity index (χ0v) is 13.3. The molecule has 0 aliphatic carbocycles. The number of hydrogen-bond acceptors (Lipinski definition) is 2. The van der Waals surface area contributed by atoms with Gasteiger partial charge in [0.25, 0.3) is 0 Å². The van der Waals surface area contributed by atoms with Crippen molar-refractivity contribution in [3.8, 4) is 11.5 Å². The summed E-state index contributed by atoms with van der Waals surface area (Å²) in [4.78, 5) is 0. The number of rotatable bonds is 5. The van der Waals surface area contributed by atoms with Crippen molar-refractivity contribution in [1.29, 1.82) is 0 Å². The van der Waals surface area contributed by atoms with Crippen molar-refractivity contribution in [2.75, 3.05) is 0 Å². The summed E-state index contributed by atoms with van der Waals surface area (Å²) in [5, 5.41) is 9.81. The van der Waals surface area contributed by atoms with Crippen molar-refractivity contribution < 1.29 is 9.84 Å². The Labute approximate surface area is 127 Å². The van der Waals surface area contributed by atoms with Crippen LogP contribution in [-0.2, 0) is 0 Å². The molecular formula is C19H24O2. The van der Waals surface area contributed by atoms with Gasteiger partial charge in [-0.25, -0.2) is 0 Å². The monoisotopic (exact) mass is 284 g/mol. The number of benzene rings is 2. The van der Waals surface area contributed by atoms with E-state index in [0.29, 0.717) is 5.92 Å². The highest BCUT2D eigenvalue weighted by Gasteiger charge is 2.08. The van der Waals surface area contributed by atoms with Crippen molar-refractivity contribution in [3.63, 3.8) is 0 Å². The molecule has 2 heteroatoms. The molecule has 112 valence electrons. The quantitative estimate of drug-likeness (QED) is 0.801. The summed E-state index contributed by atoms with van der Waals surface area (Å²) < 4.78 is 5.99. The molecule has 0 heterocycles. The van der Waals surface area contributed by atoms with Gasteiger partial charge in [0.15, 0.2) is 0 Å². The standard InChI is InChI=1S/C19H24O2/c1-5-18(20)15-8-10-17(11-9-15)21-19-12-16(13(2)3)7-6-14(19)4/h6-13,18,20H,5H2,1-4H3/t18-/m1/s1. The highest BCUT2D eigenvalue weighted by molar-refractivity contribution is 5.41. The van der Waals surface area contributed by atoms with E-state index in [1.54, 1.807) is 0 Å². The van der Waals surface area contributed by atoms with Crippen LogP contribution in [0.4, 0.5) is 0 Å². The van der Waals surface area contributed by atoms with Gasteiger partial charge in [-0.05, 0) is 54.2 Å². The van der Waals surface area contributed by atoms with Crippen LogP contribution in [0.15, 0.2) is 42.5 Å². The zero-order valence-electron chi connectivity index (χ0n) is 13.3. The summed E-state index contributed by atoms with van der Waals surface area (Å²) in [6, 6.07) is 14.0. The fourth-order valence-electron chi connectivity index (χ4n) is 2.21. The SMILES string of the molecule is CC[C@@H](O)c1ccc(Oc2cc(C(C)C)ccc2C)cc1. The molecule has 0 bridgehead atoms. The average Bonchev–Trinajstić information content (AvgIpc) is 2.49. The maximum atomic E-state index is 9.81. The number of aryl methyl sites for hydroxylation is 1. The molecule has 0 spiro atoms. The van der Waals surface area contributed by atoms with Crippen LogP contribution >= 0.6 is 0 Å². The average molecular weight is 284 g/mol. The lowest BCUT2D eigenvalue weighted by molar-refractivity contribution is 0.173. The van der Waals surface area contributed by atoms with Crippen LogP contribution in [0, 0.1) is 6.92 Å². The van der Waals surface area contributed by atoms with E-state index in [2.05, 4.69) is 39.0 Å². The van der Waals surface area contributed by atoms with Gasteiger partial charge in [0.05, 0.1) is 6.10 Å². The Balaban J connectivity index is 2.20. The summed E-state index contributed by atoms with van der Waals surface area (Å²) >= 11 is 0. The van der Waals surface area contributed by atoms with Crippen LogP contribution in [0.2, 0.25) is 0 Å². The van der Waals surface area contributed by atoms with Crippen LogP contribution in [0.25, 0.3) is 0 Å². The molecule has 0 unspecified atom stereocenters. The van der Waals surface area contributed by atoms with Crippen LogP contribution in [0.5, 0.6) is 11.5 Å². The highest BCUT2D eigenvalue weighted by atomic mass is 16.5.